The molecule has 1 fully saturated rings. The standard InChI is InChI=1S/C23H27N3O/c1-15-10-16(2)12-19(11-15)23(27)18-4-5-22-20(13-18)21(14-26(22)24)17-6-8-25(3)9-7-17/h4-5,10-14,17H,6-9,24H2,1-3H3. The summed E-state index contributed by atoms with van der Waals surface area (Å²) in [5, 5.41) is 1.11. The molecule has 0 bridgehead atoms. The molecule has 0 aliphatic carbocycles. The topological polar surface area (TPSA) is 51.3 Å². The summed E-state index contributed by atoms with van der Waals surface area (Å²) in [7, 11) is 2.17. The van der Waals surface area contributed by atoms with E-state index in [2.05, 4.69) is 18.0 Å². The van der Waals surface area contributed by atoms with Crippen LogP contribution in [0.5, 0.6) is 0 Å². The average molecular weight is 361 g/mol. The van der Waals surface area contributed by atoms with Gasteiger partial charge in [-0.1, -0.05) is 17.2 Å². The van der Waals surface area contributed by atoms with E-state index in [1.165, 1.54) is 5.56 Å². The van der Waals surface area contributed by atoms with Crippen LogP contribution in [0.1, 0.15) is 51.4 Å². The van der Waals surface area contributed by atoms with Crippen molar-refractivity contribution in [2.45, 2.75) is 32.6 Å². The predicted octanol–water partition coefficient (Wildman–Crippen LogP) is 4.01. The molecule has 1 aliphatic heterocycles. The summed E-state index contributed by atoms with van der Waals surface area (Å²) in [6.07, 6.45) is 4.31. The van der Waals surface area contributed by atoms with Crippen molar-refractivity contribution in [2.24, 2.45) is 0 Å². The van der Waals surface area contributed by atoms with Crippen molar-refractivity contribution in [1.82, 2.24) is 9.58 Å². The predicted molar refractivity (Wildman–Crippen MR) is 111 cm³/mol. The van der Waals surface area contributed by atoms with E-state index in [1.807, 2.05) is 50.4 Å². The van der Waals surface area contributed by atoms with Crippen molar-refractivity contribution in [1.29, 1.82) is 0 Å². The van der Waals surface area contributed by atoms with Crippen LogP contribution in [0.4, 0.5) is 0 Å². The number of fused-ring (bicyclic) bond motifs is 1. The van der Waals surface area contributed by atoms with Gasteiger partial charge in [0.15, 0.2) is 5.78 Å². The molecular weight excluding hydrogens is 334 g/mol. The maximum Gasteiger partial charge on any atom is 0.193 e. The number of carbonyl (C=O) groups is 1. The zero-order valence-corrected chi connectivity index (χ0v) is 16.3. The third kappa shape index (κ3) is 3.37. The van der Waals surface area contributed by atoms with Gasteiger partial charge in [0, 0.05) is 22.7 Å². The summed E-state index contributed by atoms with van der Waals surface area (Å²) in [5.74, 6) is 6.78. The zero-order chi connectivity index (χ0) is 19.1. The molecule has 0 unspecified atom stereocenters. The third-order valence-corrected chi connectivity index (χ3v) is 5.77. The maximum atomic E-state index is 13.1. The number of hydrogen-bond donors (Lipinski definition) is 1. The van der Waals surface area contributed by atoms with E-state index in [4.69, 9.17) is 5.84 Å². The number of aromatic nitrogens is 1. The Morgan fingerprint density at radius 2 is 1.67 bits per heavy atom. The average Bonchev–Trinajstić information content (AvgIpc) is 2.97. The van der Waals surface area contributed by atoms with E-state index < -0.39 is 0 Å². The lowest BCUT2D eigenvalue weighted by molar-refractivity contribution is 0.103. The highest BCUT2D eigenvalue weighted by atomic mass is 16.1. The van der Waals surface area contributed by atoms with Gasteiger partial charge in [-0.3, -0.25) is 9.47 Å². The van der Waals surface area contributed by atoms with Gasteiger partial charge in [-0.25, -0.2) is 0 Å². The van der Waals surface area contributed by atoms with E-state index in [-0.39, 0.29) is 5.78 Å². The van der Waals surface area contributed by atoms with E-state index >= 15 is 0 Å². The molecular formula is C23H27N3O. The molecule has 1 aromatic heterocycles. The maximum absolute atomic E-state index is 13.1. The van der Waals surface area contributed by atoms with Crippen LogP contribution in [0, 0.1) is 13.8 Å². The molecule has 27 heavy (non-hydrogen) atoms. The quantitative estimate of drug-likeness (QED) is 0.566. The lowest BCUT2D eigenvalue weighted by Crippen LogP contribution is -2.29. The Bertz CT molecular complexity index is 990. The van der Waals surface area contributed by atoms with E-state index in [0.29, 0.717) is 5.92 Å². The van der Waals surface area contributed by atoms with Gasteiger partial charge in [0.05, 0.1) is 5.52 Å². The number of hydrogen-bond acceptors (Lipinski definition) is 3. The number of piperidine rings is 1. The van der Waals surface area contributed by atoms with Crippen LogP contribution in [0.25, 0.3) is 10.9 Å². The first-order valence-electron chi connectivity index (χ1n) is 9.64. The summed E-state index contributed by atoms with van der Waals surface area (Å²) in [4.78, 5) is 15.5. The molecule has 0 atom stereocenters. The fourth-order valence-electron chi connectivity index (χ4n) is 4.34. The second-order valence-corrected chi connectivity index (χ2v) is 8.01. The van der Waals surface area contributed by atoms with E-state index in [9.17, 15) is 4.79 Å². The molecule has 3 aromatic rings. The Hall–Kier alpha value is -2.59. The second kappa shape index (κ2) is 6.86. The van der Waals surface area contributed by atoms with E-state index in [1.54, 1.807) is 4.68 Å². The van der Waals surface area contributed by atoms with Crippen molar-refractivity contribution in [3.63, 3.8) is 0 Å². The fourth-order valence-corrected chi connectivity index (χ4v) is 4.34. The molecule has 4 nitrogen and oxygen atoms in total. The largest absolute Gasteiger partial charge is 0.339 e. The minimum Gasteiger partial charge on any atom is -0.339 e. The highest BCUT2D eigenvalue weighted by molar-refractivity contribution is 6.11. The minimum absolute atomic E-state index is 0.0720. The lowest BCUT2D eigenvalue weighted by atomic mass is 9.88. The van der Waals surface area contributed by atoms with Crippen molar-refractivity contribution < 1.29 is 4.79 Å². The number of nitrogens with zero attached hydrogens (tertiary/aromatic N) is 2. The molecule has 140 valence electrons. The molecule has 4 rings (SSSR count). The number of likely N-dealkylation sites (tertiary alicyclic amines) is 1. The van der Waals surface area contributed by atoms with Crippen LogP contribution in [0.15, 0.2) is 42.6 Å². The molecule has 0 spiro atoms. The number of aryl methyl sites for hydroxylation is 2. The van der Waals surface area contributed by atoms with Crippen LogP contribution in [-0.4, -0.2) is 35.5 Å². The van der Waals surface area contributed by atoms with Gasteiger partial charge in [-0.15, -0.1) is 0 Å². The van der Waals surface area contributed by atoms with Gasteiger partial charge in [-0.2, -0.15) is 0 Å². The van der Waals surface area contributed by atoms with Gasteiger partial charge in [0.25, 0.3) is 0 Å². The van der Waals surface area contributed by atoms with Crippen LogP contribution >= 0.6 is 0 Å². The van der Waals surface area contributed by atoms with Crippen molar-refractivity contribution in [3.8, 4) is 0 Å². The SMILES string of the molecule is Cc1cc(C)cc(C(=O)c2ccc3c(c2)c(C2CCN(C)CC2)cn3N)c1. The first-order chi connectivity index (χ1) is 12.9. The summed E-state index contributed by atoms with van der Waals surface area (Å²) in [5.41, 5.74) is 5.96. The van der Waals surface area contributed by atoms with Gasteiger partial charge in [0.1, 0.15) is 0 Å². The summed E-state index contributed by atoms with van der Waals surface area (Å²) >= 11 is 0. The highest BCUT2D eigenvalue weighted by Crippen LogP contribution is 2.34. The molecule has 0 amide bonds. The van der Waals surface area contributed by atoms with Crippen LogP contribution in [0.3, 0.4) is 0 Å². The Balaban J connectivity index is 1.75. The number of rotatable bonds is 3. The van der Waals surface area contributed by atoms with Crippen molar-refractivity contribution in [3.05, 3.63) is 70.4 Å². The van der Waals surface area contributed by atoms with Gasteiger partial charge >= 0.3 is 0 Å². The lowest BCUT2D eigenvalue weighted by Gasteiger charge is -2.28. The number of nitrogen functional groups attached to an aromatic ring is 1. The van der Waals surface area contributed by atoms with Gasteiger partial charge in [0.2, 0.25) is 0 Å². The molecule has 0 radical (unpaired) electrons. The molecule has 1 saturated heterocycles. The number of benzene rings is 2. The highest BCUT2D eigenvalue weighted by Gasteiger charge is 2.23. The summed E-state index contributed by atoms with van der Waals surface area (Å²) < 4.78 is 1.70. The monoisotopic (exact) mass is 361 g/mol. The van der Waals surface area contributed by atoms with Crippen molar-refractivity contribution in [2.75, 3.05) is 26.0 Å². The van der Waals surface area contributed by atoms with Crippen molar-refractivity contribution >= 4 is 16.7 Å². The number of nitrogens with two attached hydrogens (primary N) is 1. The summed E-state index contributed by atoms with van der Waals surface area (Å²) in [6, 6.07) is 11.9. The molecule has 4 heteroatoms. The molecule has 1 aliphatic rings. The minimum atomic E-state index is 0.0720. The van der Waals surface area contributed by atoms with Gasteiger partial charge in [-0.05, 0) is 88.6 Å². The van der Waals surface area contributed by atoms with Crippen LogP contribution < -0.4 is 5.84 Å². The Morgan fingerprint density at radius 3 is 2.33 bits per heavy atom. The smallest absolute Gasteiger partial charge is 0.193 e. The van der Waals surface area contributed by atoms with Gasteiger partial charge < -0.3 is 10.7 Å². The molecule has 2 heterocycles. The normalized spacial score (nSPS) is 16.1. The Morgan fingerprint density at radius 1 is 1.00 bits per heavy atom. The number of ketones is 1. The molecule has 2 aromatic carbocycles. The Kier molecular flexibility index (Phi) is 4.52. The zero-order valence-electron chi connectivity index (χ0n) is 16.3. The number of carbonyl (C=O) groups excluding carboxylic acids is 1. The third-order valence-electron chi connectivity index (χ3n) is 5.77. The first kappa shape index (κ1) is 17.8. The Labute approximate surface area is 160 Å². The fraction of sp³-hybridized carbons (Fsp3) is 0.348. The van der Waals surface area contributed by atoms with Crippen LogP contribution in [0.2, 0.25) is 0 Å². The second-order valence-electron chi connectivity index (χ2n) is 8.01. The summed E-state index contributed by atoms with van der Waals surface area (Å²) in [6.45, 7) is 6.26. The van der Waals surface area contributed by atoms with Crippen LogP contribution in [-0.2, 0) is 0 Å². The first-order valence-corrected chi connectivity index (χ1v) is 9.64. The van der Waals surface area contributed by atoms with E-state index in [0.717, 1.165) is 59.1 Å². The molecule has 0 saturated carbocycles. The molecule has 2 N–H and O–H groups in total.